The molecular formula is C14H19NO4. The lowest BCUT2D eigenvalue weighted by atomic mass is 9.97. The van der Waals surface area contributed by atoms with E-state index < -0.39 is 0 Å². The molecule has 0 unspecified atom stereocenters. The lowest BCUT2D eigenvalue weighted by molar-refractivity contribution is -0.148. The smallest absolute Gasteiger partial charge is 0.410 e. The van der Waals surface area contributed by atoms with Crippen molar-refractivity contribution in [3.05, 3.63) is 24.3 Å². The van der Waals surface area contributed by atoms with E-state index in [9.17, 15) is 9.59 Å². The summed E-state index contributed by atoms with van der Waals surface area (Å²) < 4.78 is 10.2. The van der Waals surface area contributed by atoms with Crippen LogP contribution in [0.15, 0.2) is 24.3 Å². The molecule has 5 nitrogen and oxygen atoms in total. The first kappa shape index (κ1) is 13.6. The molecule has 2 heterocycles. The second-order valence-corrected chi connectivity index (χ2v) is 4.53. The molecule has 104 valence electrons. The van der Waals surface area contributed by atoms with E-state index >= 15 is 0 Å². The minimum atomic E-state index is -0.375. The summed E-state index contributed by atoms with van der Waals surface area (Å²) in [6, 6.07) is -0.383. The zero-order valence-corrected chi connectivity index (χ0v) is 11.2. The van der Waals surface area contributed by atoms with Crippen LogP contribution in [-0.4, -0.2) is 42.3 Å². The molecule has 3 atom stereocenters. The summed E-state index contributed by atoms with van der Waals surface area (Å²) in [5.41, 5.74) is 0. The van der Waals surface area contributed by atoms with Gasteiger partial charge in [-0.25, -0.2) is 4.79 Å². The molecule has 1 saturated heterocycles. The Morgan fingerprint density at radius 1 is 1.16 bits per heavy atom. The highest BCUT2D eigenvalue weighted by Crippen LogP contribution is 2.34. The van der Waals surface area contributed by atoms with E-state index in [4.69, 9.17) is 9.47 Å². The van der Waals surface area contributed by atoms with E-state index in [0.29, 0.717) is 19.6 Å². The van der Waals surface area contributed by atoms with E-state index in [0.717, 1.165) is 0 Å². The van der Waals surface area contributed by atoms with Crippen molar-refractivity contribution in [1.29, 1.82) is 0 Å². The zero-order valence-electron chi connectivity index (χ0n) is 11.2. The quantitative estimate of drug-likeness (QED) is 0.731. The van der Waals surface area contributed by atoms with Gasteiger partial charge in [-0.2, -0.15) is 0 Å². The summed E-state index contributed by atoms with van der Waals surface area (Å²) in [5, 5.41) is 0. The van der Waals surface area contributed by atoms with Crippen LogP contribution in [0, 0.1) is 5.92 Å². The molecule has 0 N–H and O–H groups in total. The van der Waals surface area contributed by atoms with E-state index in [1.807, 2.05) is 24.3 Å². The van der Waals surface area contributed by atoms with Gasteiger partial charge < -0.3 is 9.47 Å². The van der Waals surface area contributed by atoms with E-state index in [-0.39, 0.29) is 30.1 Å². The second kappa shape index (κ2) is 5.91. The summed E-state index contributed by atoms with van der Waals surface area (Å²) in [6.45, 7) is 4.23. The molecule has 5 heteroatoms. The predicted octanol–water partition coefficient (Wildman–Crippen LogP) is 1.89. The van der Waals surface area contributed by atoms with Crippen molar-refractivity contribution in [3.8, 4) is 0 Å². The molecule has 0 saturated carbocycles. The number of rotatable bonds is 3. The zero-order chi connectivity index (χ0) is 13.8. The molecule has 0 aliphatic carbocycles. The molecule has 19 heavy (non-hydrogen) atoms. The Hall–Kier alpha value is -1.78. The number of amides is 1. The average molecular weight is 265 g/mol. The molecule has 0 aromatic heterocycles. The van der Waals surface area contributed by atoms with Gasteiger partial charge in [0.25, 0.3) is 0 Å². The fourth-order valence-corrected chi connectivity index (χ4v) is 2.64. The van der Waals surface area contributed by atoms with Crippen molar-refractivity contribution < 1.29 is 19.1 Å². The lowest BCUT2D eigenvalue weighted by Crippen LogP contribution is -2.42. The average Bonchev–Trinajstić information content (AvgIpc) is 2.58. The fourth-order valence-electron chi connectivity index (χ4n) is 2.64. The van der Waals surface area contributed by atoms with Gasteiger partial charge >= 0.3 is 12.1 Å². The van der Waals surface area contributed by atoms with Gasteiger partial charge in [0, 0.05) is 0 Å². The Labute approximate surface area is 112 Å². The molecule has 2 aliphatic rings. The standard InChI is InChI=1S/C14H19NO4/c1-3-18-13(16)11-9-10-7-5-6-8-12(11)15(10)14(17)19-4-2/h5-8,10-12H,3-4,9H2,1-2H3/t10-,11-,12+/m0/s1. The Balaban J connectivity index is 2.20. The Morgan fingerprint density at radius 3 is 2.53 bits per heavy atom. The first-order chi connectivity index (χ1) is 9.19. The summed E-state index contributed by atoms with van der Waals surface area (Å²) in [7, 11) is 0. The fraction of sp³-hybridized carbons (Fsp3) is 0.571. The number of hydrogen-bond acceptors (Lipinski definition) is 4. The van der Waals surface area contributed by atoms with E-state index in [1.165, 1.54) is 0 Å². The molecule has 1 amide bonds. The van der Waals surface area contributed by atoms with Crippen LogP contribution in [0.4, 0.5) is 4.79 Å². The number of hydrogen-bond donors (Lipinski definition) is 0. The molecule has 2 rings (SSSR count). The van der Waals surface area contributed by atoms with Crippen molar-refractivity contribution in [2.75, 3.05) is 13.2 Å². The summed E-state index contributed by atoms with van der Waals surface area (Å²) in [4.78, 5) is 25.6. The molecule has 0 spiro atoms. The third kappa shape index (κ3) is 2.64. The van der Waals surface area contributed by atoms with Crippen LogP contribution in [0.1, 0.15) is 20.3 Å². The molecule has 0 aromatic rings. The summed E-state index contributed by atoms with van der Waals surface area (Å²) in [5.74, 6) is -0.556. The third-order valence-electron chi connectivity index (χ3n) is 3.41. The minimum Gasteiger partial charge on any atom is -0.466 e. The monoisotopic (exact) mass is 265 g/mol. The number of carbonyl (C=O) groups is 2. The van der Waals surface area contributed by atoms with Crippen molar-refractivity contribution in [3.63, 3.8) is 0 Å². The van der Waals surface area contributed by atoms with Gasteiger partial charge in [-0.1, -0.05) is 24.3 Å². The van der Waals surface area contributed by atoms with Gasteiger partial charge in [0.15, 0.2) is 0 Å². The van der Waals surface area contributed by atoms with Gasteiger partial charge in [0.05, 0.1) is 31.2 Å². The van der Waals surface area contributed by atoms with Crippen LogP contribution in [0.5, 0.6) is 0 Å². The second-order valence-electron chi connectivity index (χ2n) is 4.53. The minimum absolute atomic E-state index is 0.103. The topological polar surface area (TPSA) is 55.8 Å². The highest BCUT2D eigenvalue weighted by Gasteiger charge is 2.46. The molecule has 1 fully saturated rings. The van der Waals surface area contributed by atoms with Crippen LogP contribution in [0.3, 0.4) is 0 Å². The van der Waals surface area contributed by atoms with Gasteiger partial charge in [0.2, 0.25) is 0 Å². The molecular weight excluding hydrogens is 246 g/mol. The maximum atomic E-state index is 12.0. The Kier molecular flexibility index (Phi) is 4.24. The van der Waals surface area contributed by atoms with Crippen LogP contribution in [0.25, 0.3) is 0 Å². The number of ether oxygens (including phenoxy) is 2. The molecule has 0 radical (unpaired) electrons. The van der Waals surface area contributed by atoms with Gasteiger partial charge in [-0.15, -0.1) is 0 Å². The van der Waals surface area contributed by atoms with Gasteiger partial charge in [0.1, 0.15) is 0 Å². The van der Waals surface area contributed by atoms with Crippen LogP contribution < -0.4 is 0 Å². The Bertz CT molecular complexity index is 416. The van der Waals surface area contributed by atoms with Gasteiger partial charge in [-0.3, -0.25) is 9.69 Å². The number of allylic oxidation sites excluding steroid dienone is 2. The number of fused-ring (bicyclic) bond motifs is 2. The maximum Gasteiger partial charge on any atom is 0.410 e. The number of esters is 1. The van der Waals surface area contributed by atoms with Crippen molar-refractivity contribution in [2.45, 2.75) is 32.4 Å². The Morgan fingerprint density at radius 2 is 1.84 bits per heavy atom. The maximum absolute atomic E-state index is 12.0. The summed E-state index contributed by atoms with van der Waals surface area (Å²) in [6.07, 6.45) is 7.76. The highest BCUT2D eigenvalue weighted by molar-refractivity contribution is 5.78. The van der Waals surface area contributed by atoms with Gasteiger partial charge in [-0.05, 0) is 20.3 Å². The number of carbonyl (C=O) groups excluding carboxylic acids is 2. The van der Waals surface area contributed by atoms with E-state index in [2.05, 4.69) is 0 Å². The SMILES string of the molecule is CCOC(=O)[C@H]1C[C@@H]2C=CC=C[C@H]1N2C(=O)OCC. The first-order valence-electron chi connectivity index (χ1n) is 6.65. The predicted molar refractivity (Wildman–Crippen MR) is 69.5 cm³/mol. The normalized spacial score (nSPS) is 28.1. The van der Waals surface area contributed by atoms with E-state index in [1.54, 1.807) is 18.7 Å². The van der Waals surface area contributed by atoms with Crippen molar-refractivity contribution >= 4 is 12.1 Å². The molecule has 2 bridgehead atoms. The van der Waals surface area contributed by atoms with Crippen molar-refractivity contribution in [1.82, 2.24) is 4.90 Å². The molecule has 2 aliphatic heterocycles. The summed E-state index contributed by atoms with van der Waals surface area (Å²) >= 11 is 0. The highest BCUT2D eigenvalue weighted by atomic mass is 16.6. The van der Waals surface area contributed by atoms with Crippen LogP contribution in [0.2, 0.25) is 0 Å². The first-order valence-corrected chi connectivity index (χ1v) is 6.65. The van der Waals surface area contributed by atoms with Crippen LogP contribution in [-0.2, 0) is 14.3 Å². The third-order valence-corrected chi connectivity index (χ3v) is 3.41. The lowest BCUT2D eigenvalue weighted by Gasteiger charge is -2.26. The number of nitrogens with zero attached hydrogens (tertiary/aromatic N) is 1. The van der Waals surface area contributed by atoms with Crippen molar-refractivity contribution in [2.24, 2.45) is 5.92 Å². The molecule has 0 aromatic carbocycles. The largest absolute Gasteiger partial charge is 0.466 e. The van der Waals surface area contributed by atoms with Crippen LogP contribution >= 0.6 is 0 Å².